The van der Waals surface area contributed by atoms with Gasteiger partial charge in [0.1, 0.15) is 6.54 Å². The van der Waals surface area contributed by atoms with E-state index < -0.39 is 45.1 Å². The number of carbonyl (C=O) groups excluding carboxylic acids is 2. The topological polar surface area (TPSA) is 162 Å². The molecule has 0 fully saturated rings. The molecule has 1 amide bonds. The summed E-state index contributed by atoms with van der Waals surface area (Å²) in [5.41, 5.74) is 1.84. The lowest BCUT2D eigenvalue weighted by Gasteiger charge is -2.09. The van der Waals surface area contributed by atoms with Gasteiger partial charge in [-0.1, -0.05) is 12.1 Å². The van der Waals surface area contributed by atoms with E-state index in [0.717, 1.165) is 17.2 Å². The van der Waals surface area contributed by atoms with Crippen LogP contribution in [0.25, 0.3) is 0 Å². The smallest absolute Gasteiger partial charge is 0.321 e. The van der Waals surface area contributed by atoms with Gasteiger partial charge in [0.2, 0.25) is 20.0 Å². The van der Waals surface area contributed by atoms with Crippen LogP contribution in [0.3, 0.4) is 0 Å². The number of esters is 1. The largest absolute Gasteiger partial charge is 0.455 e. The average Bonchev–Trinajstić information content (AvgIpc) is 2.66. The lowest BCUT2D eigenvalue weighted by Crippen LogP contribution is -2.32. The number of benzene rings is 2. The first kappa shape index (κ1) is 23.5. The minimum absolute atomic E-state index is 0.00545. The molecule has 4 N–H and O–H groups in total. The van der Waals surface area contributed by atoms with Gasteiger partial charge in [0, 0.05) is 5.69 Å². The number of primary sulfonamides is 1. The molecular weight excluding hydrogens is 434 g/mol. The van der Waals surface area contributed by atoms with Gasteiger partial charge >= 0.3 is 5.97 Å². The molecule has 12 heteroatoms. The predicted octanol–water partition coefficient (Wildman–Crippen LogP) is 0.411. The van der Waals surface area contributed by atoms with Crippen molar-refractivity contribution in [1.29, 1.82) is 0 Å². The van der Waals surface area contributed by atoms with Crippen molar-refractivity contribution in [2.75, 3.05) is 18.5 Å². The zero-order valence-electron chi connectivity index (χ0n) is 16.2. The van der Waals surface area contributed by atoms with Crippen molar-refractivity contribution in [3.8, 4) is 0 Å². The van der Waals surface area contributed by atoms with Crippen LogP contribution in [0.4, 0.5) is 5.69 Å². The van der Waals surface area contributed by atoms with Crippen LogP contribution in [0, 0.1) is 13.8 Å². The number of nitrogens with two attached hydrogens (primary N) is 1. The highest BCUT2D eigenvalue weighted by Gasteiger charge is 2.17. The van der Waals surface area contributed by atoms with E-state index in [2.05, 4.69) is 10.0 Å². The summed E-state index contributed by atoms with van der Waals surface area (Å²) in [4.78, 5) is 23.4. The summed E-state index contributed by atoms with van der Waals surface area (Å²) in [6.45, 7) is 2.25. The highest BCUT2D eigenvalue weighted by molar-refractivity contribution is 7.89. The van der Waals surface area contributed by atoms with E-state index in [1.807, 2.05) is 6.92 Å². The van der Waals surface area contributed by atoms with Crippen LogP contribution in [0.1, 0.15) is 11.1 Å². The number of hydrogen-bond donors (Lipinski definition) is 3. The molecule has 0 bridgehead atoms. The number of aryl methyl sites for hydroxylation is 2. The number of amides is 1. The van der Waals surface area contributed by atoms with Crippen LogP contribution in [0.15, 0.2) is 52.3 Å². The number of hydrogen-bond acceptors (Lipinski definition) is 7. The van der Waals surface area contributed by atoms with Crippen molar-refractivity contribution in [2.45, 2.75) is 23.6 Å². The van der Waals surface area contributed by atoms with Gasteiger partial charge in [-0.15, -0.1) is 0 Å². The molecule has 0 atom stereocenters. The molecule has 0 radical (unpaired) electrons. The summed E-state index contributed by atoms with van der Waals surface area (Å²) in [5.74, 6) is -1.71. The Morgan fingerprint density at radius 2 is 1.67 bits per heavy atom. The summed E-state index contributed by atoms with van der Waals surface area (Å²) in [6.07, 6.45) is 0. The lowest BCUT2D eigenvalue weighted by atomic mass is 10.1. The zero-order chi connectivity index (χ0) is 22.5. The van der Waals surface area contributed by atoms with Gasteiger partial charge in [0.15, 0.2) is 6.61 Å². The number of anilines is 1. The second-order valence-corrected chi connectivity index (χ2v) is 9.68. The maximum Gasteiger partial charge on any atom is 0.321 e. The van der Waals surface area contributed by atoms with Crippen LogP contribution < -0.4 is 15.2 Å². The van der Waals surface area contributed by atoms with Gasteiger partial charge in [-0.2, -0.15) is 4.72 Å². The van der Waals surface area contributed by atoms with E-state index in [4.69, 9.17) is 9.88 Å². The number of carbonyl (C=O) groups is 2. The van der Waals surface area contributed by atoms with Crippen LogP contribution in [0.5, 0.6) is 0 Å². The van der Waals surface area contributed by atoms with Crippen molar-refractivity contribution >= 4 is 37.6 Å². The molecule has 2 aromatic carbocycles. The Kier molecular flexibility index (Phi) is 7.31. The third-order valence-corrected chi connectivity index (χ3v) is 6.32. The van der Waals surface area contributed by atoms with Crippen molar-refractivity contribution < 1.29 is 31.2 Å². The number of nitrogens with one attached hydrogen (secondary N) is 2. The normalized spacial score (nSPS) is 11.7. The Morgan fingerprint density at radius 1 is 0.967 bits per heavy atom. The van der Waals surface area contributed by atoms with Crippen LogP contribution in [-0.2, 0) is 34.4 Å². The Morgan fingerprint density at radius 3 is 2.30 bits per heavy atom. The number of rotatable bonds is 8. The molecule has 0 aliphatic heterocycles. The van der Waals surface area contributed by atoms with Gasteiger partial charge < -0.3 is 10.1 Å². The molecule has 2 rings (SSSR count). The molecule has 0 heterocycles. The van der Waals surface area contributed by atoms with E-state index in [0.29, 0.717) is 0 Å². The minimum Gasteiger partial charge on any atom is -0.455 e. The quantitative estimate of drug-likeness (QED) is 0.486. The average molecular weight is 456 g/mol. The molecular formula is C18H21N3O7S2. The van der Waals surface area contributed by atoms with E-state index >= 15 is 0 Å². The zero-order valence-corrected chi connectivity index (χ0v) is 17.8. The molecule has 0 saturated carbocycles. The van der Waals surface area contributed by atoms with Crippen molar-refractivity contribution in [1.82, 2.24) is 4.72 Å². The second-order valence-electron chi connectivity index (χ2n) is 6.35. The van der Waals surface area contributed by atoms with E-state index in [9.17, 15) is 26.4 Å². The molecule has 0 aromatic heterocycles. The first-order valence-electron chi connectivity index (χ1n) is 8.54. The van der Waals surface area contributed by atoms with E-state index in [1.54, 1.807) is 13.0 Å². The maximum atomic E-state index is 12.2. The van der Waals surface area contributed by atoms with Gasteiger partial charge in [-0.05, 0) is 55.3 Å². The van der Waals surface area contributed by atoms with Crippen LogP contribution >= 0.6 is 0 Å². The Hall–Kier alpha value is -2.80. The highest BCUT2D eigenvalue weighted by Crippen LogP contribution is 2.15. The maximum absolute atomic E-state index is 12.2. The molecule has 162 valence electrons. The minimum atomic E-state index is -3.94. The first-order chi connectivity index (χ1) is 13.9. The van der Waals surface area contributed by atoms with Gasteiger partial charge in [0.25, 0.3) is 5.91 Å². The van der Waals surface area contributed by atoms with Crippen molar-refractivity contribution in [3.63, 3.8) is 0 Å². The number of sulfonamides is 2. The summed E-state index contributed by atoms with van der Waals surface area (Å²) in [7, 11) is -7.86. The molecule has 0 aliphatic rings. The Labute approximate surface area is 174 Å². The fourth-order valence-corrected chi connectivity index (χ4v) is 3.88. The number of ether oxygens (including phenoxy) is 1. The SMILES string of the molecule is Cc1ccc(S(=O)(=O)NCC(=O)OCC(=O)Nc2cccc(S(N)(=O)=O)c2)cc1C. The molecule has 0 saturated heterocycles. The molecule has 0 unspecified atom stereocenters. The first-order valence-corrected chi connectivity index (χ1v) is 11.6. The molecule has 10 nitrogen and oxygen atoms in total. The Balaban J connectivity index is 1.87. The third kappa shape index (κ3) is 6.62. The molecule has 30 heavy (non-hydrogen) atoms. The lowest BCUT2D eigenvalue weighted by molar-refractivity contribution is -0.146. The van der Waals surface area contributed by atoms with Crippen LogP contribution in [0.2, 0.25) is 0 Å². The molecule has 2 aromatic rings. The van der Waals surface area contributed by atoms with Crippen LogP contribution in [-0.4, -0.2) is 41.9 Å². The third-order valence-electron chi connectivity index (χ3n) is 4.01. The Bertz CT molecular complexity index is 1180. The summed E-state index contributed by atoms with van der Waals surface area (Å²) >= 11 is 0. The van der Waals surface area contributed by atoms with Gasteiger partial charge in [0.05, 0.1) is 9.79 Å². The fourth-order valence-electron chi connectivity index (χ4n) is 2.26. The standard InChI is InChI=1S/C18H21N3O7S2/c1-12-6-7-16(8-13(12)2)30(26,27)20-10-18(23)28-11-17(22)21-14-4-3-5-15(9-14)29(19,24)25/h3-9,20H,10-11H2,1-2H3,(H,21,22)(H2,19,24,25). The van der Waals surface area contributed by atoms with Gasteiger partial charge in [-0.25, -0.2) is 22.0 Å². The van der Waals surface area contributed by atoms with Crippen molar-refractivity contribution in [2.24, 2.45) is 5.14 Å². The summed E-state index contributed by atoms with van der Waals surface area (Å²) in [5, 5.41) is 7.36. The monoisotopic (exact) mass is 455 g/mol. The second kappa shape index (κ2) is 9.34. The van der Waals surface area contributed by atoms with E-state index in [1.165, 1.54) is 30.3 Å². The fraction of sp³-hybridized carbons (Fsp3) is 0.222. The molecule has 0 spiro atoms. The summed E-state index contributed by atoms with van der Waals surface area (Å²) < 4.78 is 53.9. The van der Waals surface area contributed by atoms with E-state index in [-0.39, 0.29) is 15.5 Å². The van der Waals surface area contributed by atoms with Crippen molar-refractivity contribution in [3.05, 3.63) is 53.6 Å². The van der Waals surface area contributed by atoms with Gasteiger partial charge in [-0.3, -0.25) is 9.59 Å². The predicted molar refractivity (Wildman–Crippen MR) is 109 cm³/mol. The molecule has 0 aliphatic carbocycles. The summed E-state index contributed by atoms with van der Waals surface area (Å²) in [6, 6.07) is 9.75. The highest BCUT2D eigenvalue weighted by atomic mass is 32.2.